The highest BCUT2D eigenvalue weighted by Gasteiger charge is 2.02. The van der Waals surface area contributed by atoms with Crippen molar-refractivity contribution in [2.45, 2.75) is 12.8 Å². The maximum Gasteiger partial charge on any atom is 0.335 e. The normalized spacial score (nSPS) is 10.2. The van der Waals surface area contributed by atoms with Crippen LogP contribution in [0.25, 0.3) is 0 Å². The van der Waals surface area contributed by atoms with Gasteiger partial charge in [0.2, 0.25) is 5.88 Å². The summed E-state index contributed by atoms with van der Waals surface area (Å²) < 4.78 is 5.00. The quantitative estimate of drug-likeness (QED) is 0.894. The number of carboxylic acids is 1. The fraction of sp³-hybridized carbons (Fsp3) is 0.200. The lowest BCUT2D eigenvalue weighted by Crippen LogP contribution is -1.97. The average Bonchev–Trinajstić information content (AvgIpc) is 2.46. The second-order valence-corrected chi connectivity index (χ2v) is 4.21. The number of rotatable bonds is 5. The molecule has 4 heteroatoms. The predicted molar refractivity (Wildman–Crippen MR) is 71.6 cm³/mol. The molecule has 0 unspecified atom stereocenters. The van der Waals surface area contributed by atoms with Crippen molar-refractivity contribution in [2.75, 3.05) is 7.11 Å². The average molecular weight is 257 g/mol. The number of methoxy groups -OCH3 is 1. The van der Waals surface area contributed by atoms with Crippen LogP contribution < -0.4 is 4.74 Å². The van der Waals surface area contributed by atoms with E-state index < -0.39 is 5.97 Å². The highest BCUT2D eigenvalue weighted by molar-refractivity contribution is 5.87. The van der Waals surface area contributed by atoms with Gasteiger partial charge >= 0.3 is 5.97 Å². The van der Waals surface area contributed by atoms with Crippen molar-refractivity contribution in [1.29, 1.82) is 0 Å². The molecular weight excluding hydrogens is 242 g/mol. The van der Waals surface area contributed by atoms with Crippen molar-refractivity contribution in [2.24, 2.45) is 0 Å². The van der Waals surface area contributed by atoms with Crippen molar-refractivity contribution in [3.63, 3.8) is 0 Å². The number of pyridine rings is 1. The number of benzene rings is 1. The van der Waals surface area contributed by atoms with Gasteiger partial charge in [-0.3, -0.25) is 0 Å². The first kappa shape index (κ1) is 13.1. The number of carboxylic acid groups (broad SMARTS) is 1. The number of hydrogen-bond acceptors (Lipinski definition) is 3. The Kier molecular flexibility index (Phi) is 4.13. The van der Waals surface area contributed by atoms with E-state index in [0.717, 1.165) is 24.0 Å². The third kappa shape index (κ3) is 3.55. The highest BCUT2D eigenvalue weighted by atomic mass is 16.5. The predicted octanol–water partition coefficient (Wildman–Crippen LogP) is 2.57. The van der Waals surface area contributed by atoms with Crippen LogP contribution in [0.4, 0.5) is 0 Å². The van der Waals surface area contributed by atoms with Crippen LogP contribution in [0.15, 0.2) is 42.6 Å². The maximum absolute atomic E-state index is 10.7. The molecule has 0 bridgehead atoms. The van der Waals surface area contributed by atoms with E-state index in [2.05, 4.69) is 4.98 Å². The summed E-state index contributed by atoms with van der Waals surface area (Å²) in [5.74, 6) is -0.291. The van der Waals surface area contributed by atoms with E-state index in [9.17, 15) is 4.79 Å². The monoisotopic (exact) mass is 257 g/mol. The molecule has 0 spiro atoms. The molecule has 0 aliphatic rings. The molecule has 0 amide bonds. The molecule has 98 valence electrons. The van der Waals surface area contributed by atoms with Gasteiger partial charge in [0.05, 0.1) is 12.7 Å². The Morgan fingerprint density at radius 1 is 1.11 bits per heavy atom. The number of aryl methyl sites for hydroxylation is 2. The molecule has 0 radical (unpaired) electrons. The van der Waals surface area contributed by atoms with Crippen LogP contribution >= 0.6 is 0 Å². The Bertz CT molecular complexity index is 547. The van der Waals surface area contributed by atoms with E-state index in [1.54, 1.807) is 25.4 Å². The molecule has 1 N–H and O–H groups in total. The molecule has 0 atom stereocenters. The zero-order valence-corrected chi connectivity index (χ0v) is 10.7. The number of ether oxygens (including phenoxy) is 1. The Labute approximate surface area is 111 Å². The molecule has 1 aromatic heterocycles. The van der Waals surface area contributed by atoms with Crippen LogP contribution in [0.3, 0.4) is 0 Å². The minimum atomic E-state index is -0.897. The highest BCUT2D eigenvalue weighted by Crippen LogP contribution is 2.11. The zero-order valence-electron chi connectivity index (χ0n) is 10.7. The van der Waals surface area contributed by atoms with Crippen molar-refractivity contribution in [3.05, 3.63) is 59.3 Å². The molecule has 0 aliphatic carbocycles. The van der Waals surface area contributed by atoms with E-state index in [1.807, 2.05) is 24.3 Å². The lowest BCUT2D eigenvalue weighted by molar-refractivity contribution is 0.0697. The SMILES string of the molecule is COc1ccc(CCc2ccc(C(=O)O)cc2)cn1. The van der Waals surface area contributed by atoms with E-state index in [1.165, 1.54) is 0 Å². The van der Waals surface area contributed by atoms with Gasteiger partial charge in [0.1, 0.15) is 0 Å². The molecule has 2 aromatic rings. The summed E-state index contributed by atoms with van der Waals surface area (Å²) in [6.45, 7) is 0. The number of hydrogen-bond donors (Lipinski definition) is 1. The number of aromatic nitrogens is 1. The van der Waals surface area contributed by atoms with Gasteiger partial charge < -0.3 is 9.84 Å². The first-order valence-electron chi connectivity index (χ1n) is 6.00. The standard InChI is InChI=1S/C15H15NO3/c1-19-14-9-6-12(10-16-14)3-2-11-4-7-13(8-5-11)15(17)18/h4-10H,2-3H2,1H3,(H,17,18). The van der Waals surface area contributed by atoms with Gasteiger partial charge in [0.15, 0.2) is 0 Å². The minimum Gasteiger partial charge on any atom is -0.481 e. The lowest BCUT2D eigenvalue weighted by atomic mass is 10.0. The Morgan fingerprint density at radius 3 is 2.26 bits per heavy atom. The molecule has 0 saturated carbocycles. The van der Waals surface area contributed by atoms with E-state index in [-0.39, 0.29) is 0 Å². The number of carbonyl (C=O) groups is 1. The van der Waals surface area contributed by atoms with Crippen LogP contribution in [0.5, 0.6) is 5.88 Å². The van der Waals surface area contributed by atoms with Gasteiger partial charge in [0, 0.05) is 12.3 Å². The fourth-order valence-electron chi connectivity index (χ4n) is 1.78. The van der Waals surface area contributed by atoms with Crippen LogP contribution in [0.1, 0.15) is 21.5 Å². The maximum atomic E-state index is 10.7. The third-order valence-corrected chi connectivity index (χ3v) is 2.91. The van der Waals surface area contributed by atoms with Gasteiger partial charge in [-0.25, -0.2) is 9.78 Å². The topological polar surface area (TPSA) is 59.4 Å². The van der Waals surface area contributed by atoms with E-state index >= 15 is 0 Å². The van der Waals surface area contributed by atoms with Crippen molar-refractivity contribution in [3.8, 4) is 5.88 Å². The Balaban J connectivity index is 1.95. The Hall–Kier alpha value is -2.36. The summed E-state index contributed by atoms with van der Waals surface area (Å²) in [4.78, 5) is 14.9. The van der Waals surface area contributed by atoms with Crippen molar-refractivity contribution < 1.29 is 14.6 Å². The van der Waals surface area contributed by atoms with Gasteiger partial charge in [0.25, 0.3) is 0 Å². The molecule has 1 heterocycles. The summed E-state index contributed by atoms with van der Waals surface area (Å²) in [5.41, 5.74) is 2.55. The van der Waals surface area contributed by atoms with Crippen molar-refractivity contribution in [1.82, 2.24) is 4.98 Å². The zero-order chi connectivity index (χ0) is 13.7. The smallest absolute Gasteiger partial charge is 0.335 e. The van der Waals surface area contributed by atoms with Crippen LogP contribution in [0.2, 0.25) is 0 Å². The summed E-state index contributed by atoms with van der Waals surface area (Å²) in [6.07, 6.45) is 3.52. The molecule has 0 saturated heterocycles. The van der Waals surface area contributed by atoms with E-state index in [4.69, 9.17) is 9.84 Å². The first-order valence-corrected chi connectivity index (χ1v) is 6.00. The third-order valence-electron chi connectivity index (χ3n) is 2.91. The van der Waals surface area contributed by atoms with Gasteiger partial charge in [-0.2, -0.15) is 0 Å². The molecule has 0 fully saturated rings. The second kappa shape index (κ2) is 6.00. The largest absolute Gasteiger partial charge is 0.481 e. The molecule has 19 heavy (non-hydrogen) atoms. The molecular formula is C15H15NO3. The van der Waals surface area contributed by atoms with Gasteiger partial charge in [-0.05, 0) is 36.1 Å². The van der Waals surface area contributed by atoms with Crippen LogP contribution in [-0.4, -0.2) is 23.2 Å². The number of aromatic carboxylic acids is 1. The number of nitrogens with zero attached hydrogens (tertiary/aromatic N) is 1. The van der Waals surface area contributed by atoms with Crippen molar-refractivity contribution >= 4 is 5.97 Å². The summed E-state index contributed by atoms with van der Waals surface area (Å²) in [6, 6.07) is 10.8. The molecule has 2 rings (SSSR count). The fourth-order valence-corrected chi connectivity index (χ4v) is 1.78. The van der Waals surface area contributed by atoms with Gasteiger partial charge in [-0.1, -0.05) is 18.2 Å². The molecule has 1 aromatic carbocycles. The first-order chi connectivity index (χ1) is 9.19. The van der Waals surface area contributed by atoms with Crippen LogP contribution in [-0.2, 0) is 12.8 Å². The van der Waals surface area contributed by atoms with Gasteiger partial charge in [-0.15, -0.1) is 0 Å². The second-order valence-electron chi connectivity index (χ2n) is 4.21. The summed E-state index contributed by atoms with van der Waals surface area (Å²) in [5, 5.41) is 8.81. The lowest BCUT2D eigenvalue weighted by Gasteiger charge is -2.04. The Morgan fingerprint density at radius 2 is 1.74 bits per heavy atom. The van der Waals surface area contributed by atoms with E-state index in [0.29, 0.717) is 11.4 Å². The van der Waals surface area contributed by atoms with Crippen LogP contribution in [0, 0.1) is 0 Å². The summed E-state index contributed by atoms with van der Waals surface area (Å²) in [7, 11) is 1.59. The summed E-state index contributed by atoms with van der Waals surface area (Å²) >= 11 is 0. The molecule has 4 nitrogen and oxygen atoms in total. The minimum absolute atomic E-state index is 0.315. The molecule has 0 aliphatic heterocycles.